The van der Waals surface area contributed by atoms with Gasteiger partial charge in [0.05, 0.1) is 5.60 Å². The highest BCUT2D eigenvalue weighted by molar-refractivity contribution is 5.83. The van der Waals surface area contributed by atoms with Crippen molar-refractivity contribution in [1.29, 1.82) is 0 Å². The second kappa shape index (κ2) is 6.62. The molecule has 2 unspecified atom stereocenters. The van der Waals surface area contributed by atoms with Gasteiger partial charge in [0.1, 0.15) is 0 Å². The summed E-state index contributed by atoms with van der Waals surface area (Å²) in [7, 11) is 0. The van der Waals surface area contributed by atoms with E-state index in [1.165, 1.54) is 11.1 Å². The summed E-state index contributed by atoms with van der Waals surface area (Å²) in [6.07, 6.45) is 2.10. The molecule has 0 spiro atoms. The Morgan fingerprint density at radius 3 is 2.57 bits per heavy atom. The zero-order valence-corrected chi connectivity index (χ0v) is 14.0. The van der Waals surface area contributed by atoms with Crippen LogP contribution in [-0.2, 0) is 9.53 Å². The monoisotopic (exact) mass is 317 g/mol. The van der Waals surface area contributed by atoms with Gasteiger partial charge in [0.2, 0.25) is 5.91 Å². The molecule has 4 nitrogen and oxygen atoms in total. The summed E-state index contributed by atoms with van der Waals surface area (Å²) in [5, 5.41) is 13.3. The lowest BCUT2D eigenvalue weighted by Gasteiger charge is -2.32. The Kier molecular flexibility index (Phi) is 4.74. The first-order valence-corrected chi connectivity index (χ1v) is 8.66. The quantitative estimate of drug-likeness (QED) is 0.877. The van der Waals surface area contributed by atoms with Crippen LogP contribution in [0.4, 0.5) is 0 Å². The van der Waals surface area contributed by atoms with Gasteiger partial charge in [0, 0.05) is 38.5 Å². The number of hydrogen-bond donors (Lipinski definition) is 2. The third kappa shape index (κ3) is 3.93. The number of carbonyl (C=O) groups excluding carboxylic acids is 1. The minimum Gasteiger partial charge on any atom is -0.388 e. The molecule has 1 aromatic rings. The summed E-state index contributed by atoms with van der Waals surface area (Å²) in [6.45, 7) is 5.85. The van der Waals surface area contributed by atoms with E-state index in [1.54, 1.807) is 0 Å². The van der Waals surface area contributed by atoms with Crippen LogP contribution in [0.25, 0.3) is 0 Å². The van der Waals surface area contributed by atoms with Gasteiger partial charge in [-0.25, -0.2) is 0 Å². The Hall–Kier alpha value is -1.39. The average Bonchev–Trinajstić information content (AvgIpc) is 3.34. The lowest BCUT2D eigenvalue weighted by molar-refractivity contribution is -0.125. The Labute approximate surface area is 138 Å². The number of ether oxygens (including phenoxy) is 1. The minimum absolute atomic E-state index is 0.0586. The van der Waals surface area contributed by atoms with E-state index in [9.17, 15) is 9.90 Å². The van der Waals surface area contributed by atoms with Crippen molar-refractivity contribution in [1.82, 2.24) is 5.32 Å². The van der Waals surface area contributed by atoms with Crippen LogP contribution in [0.1, 0.15) is 56.1 Å². The average molecular weight is 317 g/mol. The first-order chi connectivity index (χ1) is 11.0. The largest absolute Gasteiger partial charge is 0.388 e. The van der Waals surface area contributed by atoms with Crippen LogP contribution in [0, 0.1) is 5.92 Å². The summed E-state index contributed by atoms with van der Waals surface area (Å²) >= 11 is 0. The Morgan fingerprint density at radius 1 is 1.30 bits per heavy atom. The van der Waals surface area contributed by atoms with Crippen LogP contribution in [-0.4, -0.2) is 36.4 Å². The van der Waals surface area contributed by atoms with Gasteiger partial charge in [-0.2, -0.15) is 0 Å². The molecular weight excluding hydrogens is 290 g/mol. The first-order valence-electron chi connectivity index (χ1n) is 8.66. The van der Waals surface area contributed by atoms with Crippen molar-refractivity contribution in [3.8, 4) is 0 Å². The highest BCUT2D eigenvalue weighted by Crippen LogP contribution is 2.47. The molecule has 4 heteroatoms. The van der Waals surface area contributed by atoms with Crippen LogP contribution in [0.2, 0.25) is 0 Å². The summed E-state index contributed by atoms with van der Waals surface area (Å²) in [5.74, 6) is 0.995. The molecule has 1 aliphatic carbocycles. The molecular formula is C19H27NO3. The number of hydrogen-bond acceptors (Lipinski definition) is 3. The number of rotatable bonds is 5. The number of benzene rings is 1. The van der Waals surface area contributed by atoms with Gasteiger partial charge >= 0.3 is 0 Å². The highest BCUT2D eigenvalue weighted by Gasteiger charge is 2.44. The molecule has 1 heterocycles. The molecule has 2 aliphatic rings. The fraction of sp³-hybridized carbons (Fsp3) is 0.632. The Morgan fingerprint density at radius 2 is 1.96 bits per heavy atom. The highest BCUT2D eigenvalue weighted by atomic mass is 16.5. The Bertz CT molecular complexity index is 546. The number of carbonyl (C=O) groups is 1. The van der Waals surface area contributed by atoms with Crippen molar-refractivity contribution >= 4 is 5.91 Å². The van der Waals surface area contributed by atoms with Crippen molar-refractivity contribution < 1.29 is 14.6 Å². The molecule has 1 saturated heterocycles. The molecule has 0 radical (unpaired) electrons. The van der Waals surface area contributed by atoms with Gasteiger partial charge in [-0.15, -0.1) is 0 Å². The van der Waals surface area contributed by atoms with E-state index in [1.807, 2.05) is 0 Å². The van der Waals surface area contributed by atoms with Gasteiger partial charge in [-0.05, 0) is 29.4 Å². The summed E-state index contributed by atoms with van der Waals surface area (Å²) in [6, 6.07) is 8.63. The number of nitrogens with one attached hydrogen (secondary N) is 1. The molecule has 23 heavy (non-hydrogen) atoms. The van der Waals surface area contributed by atoms with E-state index in [-0.39, 0.29) is 11.8 Å². The van der Waals surface area contributed by atoms with E-state index < -0.39 is 5.60 Å². The molecule has 3 rings (SSSR count). The molecule has 126 valence electrons. The van der Waals surface area contributed by atoms with Crippen LogP contribution >= 0.6 is 0 Å². The van der Waals surface area contributed by atoms with E-state index in [4.69, 9.17) is 4.74 Å². The standard InChI is InChI=1S/C19H27NO3/c1-13(2)14-3-5-15(6-4-14)16-11-17(16)18(21)20-12-19(22)7-9-23-10-8-19/h3-6,13,16-17,22H,7-12H2,1-2H3,(H,20,21). The van der Waals surface area contributed by atoms with Crippen LogP contribution in [0.5, 0.6) is 0 Å². The zero-order valence-electron chi connectivity index (χ0n) is 14.0. The lowest BCUT2D eigenvalue weighted by atomic mass is 9.94. The van der Waals surface area contributed by atoms with Crippen molar-refractivity contribution in [3.05, 3.63) is 35.4 Å². The molecule has 2 atom stereocenters. The maximum atomic E-state index is 12.3. The predicted octanol–water partition coefficient (Wildman–Crippen LogP) is 2.57. The zero-order chi connectivity index (χ0) is 16.4. The fourth-order valence-electron chi connectivity index (χ4n) is 3.29. The molecule has 1 aromatic carbocycles. The van der Waals surface area contributed by atoms with Gasteiger partial charge in [0.15, 0.2) is 0 Å². The normalized spacial score (nSPS) is 26.1. The third-order valence-electron chi connectivity index (χ3n) is 5.17. The topological polar surface area (TPSA) is 58.6 Å². The minimum atomic E-state index is -0.794. The molecule has 0 aromatic heterocycles. The van der Waals surface area contributed by atoms with E-state index >= 15 is 0 Å². The summed E-state index contributed by atoms with van der Waals surface area (Å²) in [5.41, 5.74) is 1.79. The van der Waals surface area contributed by atoms with Crippen LogP contribution in [0.15, 0.2) is 24.3 Å². The fourth-order valence-corrected chi connectivity index (χ4v) is 3.29. The lowest BCUT2D eigenvalue weighted by Crippen LogP contribution is -2.47. The smallest absolute Gasteiger partial charge is 0.223 e. The molecule has 2 N–H and O–H groups in total. The van der Waals surface area contributed by atoms with Gasteiger partial charge < -0.3 is 15.2 Å². The van der Waals surface area contributed by atoms with Gasteiger partial charge in [-0.1, -0.05) is 38.1 Å². The van der Waals surface area contributed by atoms with E-state index in [0.29, 0.717) is 44.4 Å². The SMILES string of the molecule is CC(C)c1ccc(C2CC2C(=O)NCC2(O)CCOCC2)cc1. The summed E-state index contributed by atoms with van der Waals surface area (Å²) in [4.78, 5) is 12.3. The number of amides is 1. The molecule has 1 aliphatic heterocycles. The number of aliphatic hydroxyl groups is 1. The van der Waals surface area contributed by atoms with Crippen LogP contribution < -0.4 is 5.32 Å². The maximum Gasteiger partial charge on any atom is 0.223 e. The summed E-state index contributed by atoms with van der Waals surface area (Å²) < 4.78 is 5.26. The third-order valence-corrected chi connectivity index (χ3v) is 5.17. The molecule has 1 amide bonds. The first kappa shape index (κ1) is 16.5. The van der Waals surface area contributed by atoms with Crippen LogP contribution in [0.3, 0.4) is 0 Å². The van der Waals surface area contributed by atoms with Gasteiger partial charge in [-0.3, -0.25) is 4.79 Å². The molecule has 2 fully saturated rings. The van der Waals surface area contributed by atoms with Crippen molar-refractivity contribution in [3.63, 3.8) is 0 Å². The van der Waals surface area contributed by atoms with Crippen molar-refractivity contribution in [2.24, 2.45) is 5.92 Å². The molecule has 1 saturated carbocycles. The van der Waals surface area contributed by atoms with E-state index in [2.05, 4.69) is 43.4 Å². The molecule has 0 bridgehead atoms. The van der Waals surface area contributed by atoms with Crippen molar-refractivity contribution in [2.45, 2.75) is 50.5 Å². The second-order valence-electron chi connectivity index (χ2n) is 7.32. The van der Waals surface area contributed by atoms with Gasteiger partial charge in [0.25, 0.3) is 0 Å². The van der Waals surface area contributed by atoms with E-state index in [0.717, 1.165) is 6.42 Å². The van der Waals surface area contributed by atoms with Crippen molar-refractivity contribution in [2.75, 3.05) is 19.8 Å². The Balaban J connectivity index is 1.50. The second-order valence-corrected chi connectivity index (χ2v) is 7.32. The maximum absolute atomic E-state index is 12.3. The predicted molar refractivity (Wildman–Crippen MR) is 89.4 cm³/mol.